The van der Waals surface area contributed by atoms with Gasteiger partial charge in [-0.1, -0.05) is 48.9 Å². The maximum Gasteiger partial charge on any atom is 0.494 e. The van der Waals surface area contributed by atoms with Crippen molar-refractivity contribution in [3.05, 3.63) is 88.8 Å². The lowest BCUT2D eigenvalue weighted by Crippen LogP contribution is -2.41. The van der Waals surface area contributed by atoms with Gasteiger partial charge in [-0.05, 0) is 101 Å². The van der Waals surface area contributed by atoms with E-state index in [2.05, 4.69) is 99.6 Å². The highest BCUT2D eigenvalue weighted by molar-refractivity contribution is 6.62. The smallest absolute Gasteiger partial charge is 0.399 e. The summed E-state index contributed by atoms with van der Waals surface area (Å²) < 4.78 is 15.4. The Labute approximate surface area is 248 Å². The molecule has 7 heteroatoms. The Balaban J connectivity index is 1.39. The number of para-hydroxylation sites is 1. The van der Waals surface area contributed by atoms with Gasteiger partial charge in [0, 0.05) is 45.8 Å². The van der Waals surface area contributed by atoms with E-state index in [1.54, 1.807) is 0 Å². The van der Waals surface area contributed by atoms with E-state index in [0.29, 0.717) is 11.1 Å². The summed E-state index contributed by atoms with van der Waals surface area (Å²) >= 11 is 6.07. The number of aryl methyl sites for hydroxylation is 2. The SMILES string of the molecule is Cc1ccc(CC(C)Cn2c3ccccc3c3c(C)cc(B4OC(C)(C)C(C)(C)O4)cc32)c(-c2ccc(Cl)nc2)n1. The van der Waals surface area contributed by atoms with E-state index in [1.807, 2.05) is 25.3 Å². The van der Waals surface area contributed by atoms with Crippen molar-refractivity contribution in [3.63, 3.8) is 0 Å². The van der Waals surface area contributed by atoms with Crippen LogP contribution in [0.1, 0.15) is 51.4 Å². The Bertz CT molecular complexity index is 1740. The molecule has 5 nitrogen and oxygen atoms in total. The van der Waals surface area contributed by atoms with E-state index in [9.17, 15) is 0 Å². The molecule has 41 heavy (non-hydrogen) atoms. The second-order valence-corrected chi connectivity index (χ2v) is 13.0. The molecular formula is C34H37BClN3O2. The lowest BCUT2D eigenvalue weighted by Gasteiger charge is -2.32. The fraction of sp³-hybridized carbons (Fsp3) is 0.353. The summed E-state index contributed by atoms with van der Waals surface area (Å²) in [5.74, 6) is 0.346. The van der Waals surface area contributed by atoms with Crippen molar-refractivity contribution < 1.29 is 9.31 Å². The number of nitrogens with zero attached hydrogens (tertiary/aromatic N) is 3. The molecule has 0 bridgehead atoms. The average molecular weight is 566 g/mol. The molecular weight excluding hydrogens is 529 g/mol. The minimum atomic E-state index is -0.402. The zero-order valence-electron chi connectivity index (χ0n) is 25.0. The van der Waals surface area contributed by atoms with Crippen LogP contribution in [0.2, 0.25) is 5.15 Å². The monoisotopic (exact) mass is 565 g/mol. The van der Waals surface area contributed by atoms with Crippen molar-refractivity contribution in [3.8, 4) is 11.3 Å². The molecule has 4 heterocycles. The molecule has 1 unspecified atom stereocenters. The maximum absolute atomic E-state index is 6.45. The lowest BCUT2D eigenvalue weighted by atomic mass is 9.77. The van der Waals surface area contributed by atoms with E-state index in [1.165, 1.54) is 32.9 Å². The summed E-state index contributed by atoms with van der Waals surface area (Å²) in [4.78, 5) is 9.20. The molecule has 6 rings (SSSR count). The summed E-state index contributed by atoms with van der Waals surface area (Å²) in [6, 6.07) is 21.3. The van der Waals surface area contributed by atoms with Gasteiger partial charge in [0.1, 0.15) is 5.15 Å². The second kappa shape index (κ2) is 10.3. The maximum atomic E-state index is 6.45. The first-order valence-corrected chi connectivity index (χ1v) is 14.8. The number of pyridine rings is 2. The Kier molecular flexibility index (Phi) is 7.00. The van der Waals surface area contributed by atoms with Gasteiger partial charge in [0.05, 0.1) is 16.9 Å². The molecule has 0 amide bonds. The van der Waals surface area contributed by atoms with E-state index in [0.717, 1.165) is 35.4 Å². The summed E-state index contributed by atoms with van der Waals surface area (Å²) in [6.07, 6.45) is 2.69. The summed E-state index contributed by atoms with van der Waals surface area (Å²) in [5, 5.41) is 3.05. The molecule has 1 aliphatic heterocycles. The largest absolute Gasteiger partial charge is 0.494 e. The molecule has 1 aliphatic rings. The Morgan fingerprint density at radius 3 is 2.37 bits per heavy atom. The van der Waals surface area contributed by atoms with Crippen LogP contribution in [0.4, 0.5) is 0 Å². The molecule has 5 aromatic rings. The predicted molar refractivity (Wildman–Crippen MR) is 170 cm³/mol. The van der Waals surface area contributed by atoms with Crippen LogP contribution in [-0.2, 0) is 22.3 Å². The van der Waals surface area contributed by atoms with Gasteiger partial charge in [0.25, 0.3) is 0 Å². The molecule has 210 valence electrons. The third-order valence-electron chi connectivity index (χ3n) is 8.80. The summed E-state index contributed by atoms with van der Waals surface area (Å²) in [6.45, 7) is 15.8. The summed E-state index contributed by atoms with van der Waals surface area (Å²) in [7, 11) is -0.402. The van der Waals surface area contributed by atoms with E-state index < -0.39 is 7.12 Å². The van der Waals surface area contributed by atoms with Crippen LogP contribution >= 0.6 is 11.6 Å². The first-order chi connectivity index (χ1) is 19.4. The van der Waals surface area contributed by atoms with E-state index in [-0.39, 0.29) is 11.2 Å². The van der Waals surface area contributed by atoms with Gasteiger partial charge in [0.15, 0.2) is 0 Å². The highest BCUT2D eigenvalue weighted by Gasteiger charge is 2.51. The number of aromatic nitrogens is 3. The predicted octanol–water partition coefficient (Wildman–Crippen LogP) is 7.70. The average Bonchev–Trinajstić information content (AvgIpc) is 3.35. The first-order valence-electron chi connectivity index (χ1n) is 14.4. The van der Waals surface area contributed by atoms with Crippen molar-refractivity contribution in [1.82, 2.24) is 14.5 Å². The Morgan fingerprint density at radius 1 is 0.927 bits per heavy atom. The molecule has 0 spiro atoms. The Hall–Kier alpha value is -3.19. The van der Waals surface area contributed by atoms with Crippen LogP contribution in [0.15, 0.2) is 66.9 Å². The van der Waals surface area contributed by atoms with Crippen LogP contribution in [0.3, 0.4) is 0 Å². The fourth-order valence-corrected chi connectivity index (χ4v) is 6.10. The van der Waals surface area contributed by atoms with Crippen LogP contribution < -0.4 is 5.46 Å². The molecule has 1 atom stereocenters. The highest BCUT2D eigenvalue weighted by atomic mass is 35.5. The van der Waals surface area contributed by atoms with Gasteiger partial charge >= 0.3 is 7.12 Å². The molecule has 0 saturated carbocycles. The van der Waals surface area contributed by atoms with Gasteiger partial charge in [0.2, 0.25) is 0 Å². The standard InChI is InChI=1S/C34H37BClN3O2/c1-21(16-24-13-12-23(3)38-32(24)25-14-15-30(36)37-19-25)20-39-28-11-9-8-10-27(28)31-22(2)17-26(18-29(31)39)35-40-33(4,5)34(6,7)41-35/h8-15,17-19,21H,16,20H2,1-7H3. The van der Waals surface area contributed by atoms with Crippen molar-refractivity contribution in [2.24, 2.45) is 5.92 Å². The number of hydrogen-bond acceptors (Lipinski definition) is 4. The third kappa shape index (κ3) is 5.07. The van der Waals surface area contributed by atoms with Crippen molar-refractivity contribution in [1.29, 1.82) is 0 Å². The minimum absolute atomic E-state index is 0.346. The molecule has 0 radical (unpaired) electrons. The molecule has 2 aromatic carbocycles. The van der Waals surface area contributed by atoms with Crippen LogP contribution in [-0.4, -0.2) is 32.9 Å². The number of halogens is 1. The van der Waals surface area contributed by atoms with E-state index >= 15 is 0 Å². The number of hydrogen-bond donors (Lipinski definition) is 0. The zero-order chi connectivity index (χ0) is 29.1. The van der Waals surface area contributed by atoms with Crippen LogP contribution in [0, 0.1) is 19.8 Å². The van der Waals surface area contributed by atoms with Crippen molar-refractivity contribution in [2.75, 3.05) is 0 Å². The van der Waals surface area contributed by atoms with Gasteiger partial charge in [-0.2, -0.15) is 0 Å². The molecule has 1 fully saturated rings. The van der Waals surface area contributed by atoms with Crippen LogP contribution in [0.5, 0.6) is 0 Å². The van der Waals surface area contributed by atoms with Crippen molar-refractivity contribution in [2.45, 2.75) is 72.6 Å². The second-order valence-electron chi connectivity index (χ2n) is 12.6. The highest BCUT2D eigenvalue weighted by Crippen LogP contribution is 2.38. The topological polar surface area (TPSA) is 49.2 Å². The fourth-order valence-electron chi connectivity index (χ4n) is 5.99. The zero-order valence-corrected chi connectivity index (χ0v) is 25.7. The van der Waals surface area contributed by atoms with Crippen LogP contribution in [0.25, 0.3) is 33.1 Å². The third-order valence-corrected chi connectivity index (χ3v) is 9.02. The normalized spacial score (nSPS) is 17.0. The molecule has 0 aliphatic carbocycles. The van der Waals surface area contributed by atoms with Gasteiger partial charge in [-0.15, -0.1) is 0 Å². The quantitative estimate of drug-likeness (QED) is 0.156. The van der Waals surface area contributed by atoms with Gasteiger partial charge in [-0.3, -0.25) is 4.98 Å². The molecule has 0 N–H and O–H groups in total. The number of fused-ring (bicyclic) bond motifs is 3. The minimum Gasteiger partial charge on any atom is -0.399 e. The molecule has 3 aromatic heterocycles. The first kappa shape index (κ1) is 28.0. The van der Waals surface area contributed by atoms with Gasteiger partial charge in [-0.25, -0.2) is 4.98 Å². The lowest BCUT2D eigenvalue weighted by molar-refractivity contribution is 0.00578. The number of benzene rings is 2. The number of rotatable bonds is 6. The molecule has 1 saturated heterocycles. The van der Waals surface area contributed by atoms with E-state index in [4.69, 9.17) is 25.9 Å². The van der Waals surface area contributed by atoms with Crippen molar-refractivity contribution >= 4 is 46.0 Å². The van der Waals surface area contributed by atoms with Gasteiger partial charge < -0.3 is 13.9 Å². The Morgan fingerprint density at radius 2 is 1.66 bits per heavy atom. The summed E-state index contributed by atoms with van der Waals surface area (Å²) in [5.41, 5.74) is 8.13.